The maximum absolute atomic E-state index is 12.3. The number of amides is 1. The van der Waals surface area contributed by atoms with Crippen molar-refractivity contribution in [2.45, 2.75) is 19.9 Å². The normalized spacial score (nSPS) is 10.9. The molecule has 2 aromatic rings. The standard InChI is InChI=1S/C16H17ClN4O3/c1-2-8-21-15(23)13(14(18)20-16(21)24)19-12(22)7-6-10-4-3-5-11(17)9-10/h3-7,9H,2,8,18H2,1H3,(H,19,22)(H,20,24)/b7-6+. The fourth-order valence-corrected chi connectivity index (χ4v) is 2.28. The van der Waals surface area contributed by atoms with Gasteiger partial charge in [-0.2, -0.15) is 0 Å². The van der Waals surface area contributed by atoms with Gasteiger partial charge in [-0.25, -0.2) is 4.79 Å². The van der Waals surface area contributed by atoms with E-state index in [1.807, 2.05) is 6.92 Å². The van der Waals surface area contributed by atoms with E-state index in [1.165, 1.54) is 6.08 Å². The van der Waals surface area contributed by atoms with Gasteiger partial charge in [0, 0.05) is 17.6 Å². The molecular weight excluding hydrogens is 332 g/mol. The summed E-state index contributed by atoms with van der Waals surface area (Å²) in [4.78, 5) is 38.3. The fourth-order valence-electron chi connectivity index (χ4n) is 2.08. The number of hydrogen-bond donors (Lipinski definition) is 3. The molecule has 4 N–H and O–H groups in total. The van der Waals surface area contributed by atoms with Gasteiger partial charge in [-0.15, -0.1) is 0 Å². The molecule has 126 valence electrons. The average Bonchev–Trinajstić information content (AvgIpc) is 2.53. The number of halogens is 1. The van der Waals surface area contributed by atoms with Crippen LogP contribution in [-0.4, -0.2) is 15.5 Å². The zero-order chi connectivity index (χ0) is 17.7. The van der Waals surface area contributed by atoms with Crippen LogP contribution in [0.2, 0.25) is 5.02 Å². The summed E-state index contributed by atoms with van der Waals surface area (Å²) in [7, 11) is 0. The van der Waals surface area contributed by atoms with E-state index in [-0.39, 0.29) is 18.1 Å². The monoisotopic (exact) mass is 348 g/mol. The summed E-state index contributed by atoms with van der Waals surface area (Å²) in [6.07, 6.45) is 3.39. The van der Waals surface area contributed by atoms with Gasteiger partial charge >= 0.3 is 5.69 Å². The van der Waals surface area contributed by atoms with Crippen LogP contribution in [-0.2, 0) is 11.3 Å². The van der Waals surface area contributed by atoms with Crippen LogP contribution in [0.3, 0.4) is 0 Å². The Morgan fingerprint density at radius 3 is 2.83 bits per heavy atom. The number of nitrogens with two attached hydrogens (primary N) is 1. The van der Waals surface area contributed by atoms with Crippen molar-refractivity contribution in [2.75, 3.05) is 11.1 Å². The third-order valence-electron chi connectivity index (χ3n) is 3.19. The second kappa shape index (κ2) is 7.65. The van der Waals surface area contributed by atoms with Crippen LogP contribution in [0.25, 0.3) is 6.08 Å². The van der Waals surface area contributed by atoms with Gasteiger partial charge in [-0.05, 0) is 30.2 Å². The van der Waals surface area contributed by atoms with Gasteiger partial charge in [0.2, 0.25) is 5.91 Å². The van der Waals surface area contributed by atoms with E-state index in [0.29, 0.717) is 11.4 Å². The molecule has 0 aliphatic carbocycles. The summed E-state index contributed by atoms with van der Waals surface area (Å²) in [5.74, 6) is -0.726. The van der Waals surface area contributed by atoms with Gasteiger partial charge in [-0.3, -0.25) is 19.1 Å². The molecule has 7 nitrogen and oxygen atoms in total. The number of carbonyl (C=O) groups is 1. The number of hydrogen-bond acceptors (Lipinski definition) is 4. The predicted molar refractivity (Wildman–Crippen MR) is 95.1 cm³/mol. The Labute approximate surface area is 142 Å². The Balaban J connectivity index is 2.24. The molecule has 0 spiro atoms. The fraction of sp³-hybridized carbons (Fsp3) is 0.188. The van der Waals surface area contributed by atoms with E-state index >= 15 is 0 Å². The SMILES string of the molecule is CCCn1c(=O)[nH]c(N)c(NC(=O)/C=C/c2cccc(Cl)c2)c1=O. The van der Waals surface area contributed by atoms with E-state index in [0.717, 1.165) is 10.1 Å². The highest BCUT2D eigenvalue weighted by atomic mass is 35.5. The maximum atomic E-state index is 12.3. The molecule has 0 aliphatic rings. The number of aromatic amines is 1. The van der Waals surface area contributed by atoms with E-state index in [9.17, 15) is 14.4 Å². The molecule has 0 saturated carbocycles. The molecule has 0 atom stereocenters. The van der Waals surface area contributed by atoms with E-state index in [4.69, 9.17) is 17.3 Å². The molecule has 0 saturated heterocycles. The molecule has 0 unspecified atom stereocenters. The molecule has 1 amide bonds. The predicted octanol–water partition coefficient (Wildman–Crippen LogP) is 1.83. The third kappa shape index (κ3) is 4.14. The van der Waals surface area contributed by atoms with Gasteiger partial charge < -0.3 is 11.1 Å². The van der Waals surface area contributed by atoms with Crippen molar-refractivity contribution >= 4 is 35.1 Å². The number of rotatable bonds is 5. The van der Waals surface area contributed by atoms with Crippen LogP contribution in [0.4, 0.5) is 11.5 Å². The lowest BCUT2D eigenvalue weighted by Gasteiger charge is -2.09. The molecule has 1 aromatic heterocycles. The Hall–Kier alpha value is -2.80. The lowest BCUT2D eigenvalue weighted by atomic mass is 10.2. The van der Waals surface area contributed by atoms with Gasteiger partial charge in [-0.1, -0.05) is 30.7 Å². The first-order valence-electron chi connectivity index (χ1n) is 7.29. The van der Waals surface area contributed by atoms with Crippen molar-refractivity contribution in [1.29, 1.82) is 0 Å². The van der Waals surface area contributed by atoms with Crippen LogP contribution in [0.15, 0.2) is 39.9 Å². The Morgan fingerprint density at radius 1 is 1.42 bits per heavy atom. The zero-order valence-corrected chi connectivity index (χ0v) is 13.8. The van der Waals surface area contributed by atoms with Crippen molar-refractivity contribution in [3.05, 3.63) is 61.8 Å². The number of anilines is 2. The van der Waals surface area contributed by atoms with Crippen molar-refractivity contribution in [3.8, 4) is 0 Å². The molecule has 8 heteroatoms. The Kier molecular flexibility index (Phi) is 5.59. The third-order valence-corrected chi connectivity index (χ3v) is 3.42. The zero-order valence-electron chi connectivity index (χ0n) is 13.0. The first kappa shape index (κ1) is 17.6. The van der Waals surface area contributed by atoms with Gasteiger partial charge in [0.25, 0.3) is 5.56 Å². The summed E-state index contributed by atoms with van der Waals surface area (Å²) >= 11 is 5.86. The van der Waals surface area contributed by atoms with Crippen LogP contribution in [0, 0.1) is 0 Å². The van der Waals surface area contributed by atoms with Crippen LogP contribution >= 0.6 is 11.6 Å². The summed E-state index contributed by atoms with van der Waals surface area (Å²) in [6, 6.07) is 6.94. The Morgan fingerprint density at radius 2 is 2.17 bits per heavy atom. The number of benzene rings is 1. The minimum Gasteiger partial charge on any atom is -0.383 e. The molecule has 2 rings (SSSR count). The van der Waals surface area contributed by atoms with Crippen molar-refractivity contribution < 1.29 is 4.79 Å². The van der Waals surface area contributed by atoms with Gasteiger partial charge in [0.05, 0.1) is 0 Å². The second-order valence-corrected chi connectivity index (χ2v) is 5.49. The van der Waals surface area contributed by atoms with Gasteiger partial charge in [0.15, 0.2) is 0 Å². The maximum Gasteiger partial charge on any atom is 0.330 e. The van der Waals surface area contributed by atoms with Gasteiger partial charge in [0.1, 0.15) is 11.5 Å². The highest BCUT2D eigenvalue weighted by Gasteiger charge is 2.13. The minimum atomic E-state index is -0.636. The largest absolute Gasteiger partial charge is 0.383 e. The first-order chi connectivity index (χ1) is 11.4. The van der Waals surface area contributed by atoms with Crippen LogP contribution in [0.1, 0.15) is 18.9 Å². The summed E-state index contributed by atoms with van der Waals surface area (Å²) in [5.41, 5.74) is 4.98. The van der Waals surface area contributed by atoms with Crippen molar-refractivity contribution in [3.63, 3.8) is 0 Å². The molecule has 24 heavy (non-hydrogen) atoms. The summed E-state index contributed by atoms with van der Waals surface area (Å²) in [6.45, 7) is 2.06. The number of aromatic nitrogens is 2. The number of nitrogen functional groups attached to an aromatic ring is 1. The molecule has 1 heterocycles. The lowest BCUT2D eigenvalue weighted by Crippen LogP contribution is -2.38. The molecule has 1 aromatic carbocycles. The molecule has 0 fully saturated rings. The number of nitrogens with zero attached hydrogens (tertiary/aromatic N) is 1. The van der Waals surface area contributed by atoms with Crippen LogP contribution in [0.5, 0.6) is 0 Å². The molecule has 0 bridgehead atoms. The van der Waals surface area contributed by atoms with E-state index in [2.05, 4.69) is 10.3 Å². The van der Waals surface area contributed by atoms with Crippen molar-refractivity contribution in [2.24, 2.45) is 0 Å². The second-order valence-electron chi connectivity index (χ2n) is 5.05. The Bertz CT molecular complexity index is 899. The number of nitrogens with one attached hydrogen (secondary N) is 2. The summed E-state index contributed by atoms with van der Waals surface area (Å²) in [5, 5.41) is 2.95. The smallest absolute Gasteiger partial charge is 0.330 e. The lowest BCUT2D eigenvalue weighted by molar-refractivity contribution is -0.111. The summed E-state index contributed by atoms with van der Waals surface area (Å²) < 4.78 is 0.993. The average molecular weight is 349 g/mol. The molecule has 0 radical (unpaired) electrons. The first-order valence-corrected chi connectivity index (χ1v) is 7.67. The topological polar surface area (TPSA) is 110 Å². The van der Waals surface area contributed by atoms with E-state index in [1.54, 1.807) is 30.3 Å². The number of H-pyrrole nitrogens is 1. The quantitative estimate of drug-likeness (QED) is 0.716. The highest BCUT2D eigenvalue weighted by Crippen LogP contribution is 2.12. The van der Waals surface area contributed by atoms with E-state index < -0.39 is 17.2 Å². The van der Waals surface area contributed by atoms with Crippen molar-refractivity contribution in [1.82, 2.24) is 9.55 Å². The highest BCUT2D eigenvalue weighted by molar-refractivity contribution is 6.30. The minimum absolute atomic E-state index is 0.149. The van der Waals surface area contributed by atoms with Crippen LogP contribution < -0.4 is 22.3 Å². The molecular formula is C16H17ClN4O3. The molecule has 0 aliphatic heterocycles. The number of carbonyl (C=O) groups excluding carboxylic acids is 1.